The summed E-state index contributed by atoms with van der Waals surface area (Å²) in [6, 6.07) is 45.5. The molecule has 0 radical (unpaired) electrons. The van der Waals surface area contributed by atoms with Crippen LogP contribution in [-0.2, 0) is 10.3 Å². The Balaban J connectivity index is 1.17. The van der Waals surface area contributed by atoms with Gasteiger partial charge >= 0.3 is 6.09 Å². The maximum Gasteiger partial charge on any atom is 0.410 e. The van der Waals surface area contributed by atoms with Gasteiger partial charge in [-0.1, -0.05) is 140 Å². The molecule has 3 aliphatic rings. The maximum atomic E-state index is 17.1. The van der Waals surface area contributed by atoms with E-state index in [1.807, 2.05) is 73.7 Å². The van der Waals surface area contributed by atoms with Crippen molar-refractivity contribution < 1.29 is 18.7 Å². The summed E-state index contributed by atoms with van der Waals surface area (Å²) in [5.74, 6) is 2.07. The molecule has 350 valence electrons. The number of fused-ring (bicyclic) bond motifs is 4. The molecule has 8 aromatic rings. The standard InChI is InChI=1S/C58H57FN6O3S/c1-7-69-55-60-52-46(54(61-55)63-33-44-30-43(63)34-64(44)56(66)68-57(4,5)6)31-45(39-28-29-39)51(53(52)67-37(3)38-20-12-8-13-21-38)50-36(2)48(59)32-49-47(50)35-65(62-49)58(40-22-14-9-15-23-40,41-24-16-10-17-25-41)42-26-18-11-19-27-42/h8-27,31-32,35,37,39,43-44H,7,28-30,33-34H2,1-6H3/t37-,43-,44-/m0/s1. The van der Waals surface area contributed by atoms with Crippen LogP contribution in [0.2, 0.25) is 0 Å². The van der Waals surface area contributed by atoms with E-state index >= 15 is 4.39 Å². The van der Waals surface area contributed by atoms with E-state index in [1.54, 1.807) is 17.8 Å². The minimum absolute atomic E-state index is 0.0114. The van der Waals surface area contributed by atoms with Gasteiger partial charge in [-0.2, -0.15) is 5.10 Å². The van der Waals surface area contributed by atoms with Crippen LogP contribution in [0.15, 0.2) is 145 Å². The van der Waals surface area contributed by atoms with Crippen molar-refractivity contribution in [2.75, 3.05) is 23.7 Å². The van der Waals surface area contributed by atoms with Crippen LogP contribution in [0.4, 0.5) is 15.0 Å². The van der Waals surface area contributed by atoms with Crippen LogP contribution in [0.3, 0.4) is 0 Å². The molecule has 69 heavy (non-hydrogen) atoms. The highest BCUT2D eigenvalue weighted by Gasteiger charge is 2.48. The molecule has 0 unspecified atom stereocenters. The molecule has 9 nitrogen and oxygen atoms in total. The summed E-state index contributed by atoms with van der Waals surface area (Å²) in [7, 11) is 0. The number of hydrogen-bond donors (Lipinski definition) is 0. The smallest absolute Gasteiger partial charge is 0.410 e. The number of nitrogens with zero attached hydrogens (tertiary/aromatic N) is 6. The third kappa shape index (κ3) is 7.98. The number of halogens is 1. The summed E-state index contributed by atoms with van der Waals surface area (Å²) in [6.45, 7) is 13.0. The Kier molecular flexibility index (Phi) is 11.5. The van der Waals surface area contributed by atoms with E-state index in [1.165, 1.54) is 0 Å². The van der Waals surface area contributed by atoms with Crippen molar-refractivity contribution in [1.82, 2.24) is 24.6 Å². The molecular formula is C58H57FN6O3S. The van der Waals surface area contributed by atoms with Gasteiger partial charge in [-0.15, -0.1) is 0 Å². The number of rotatable bonds is 12. The largest absolute Gasteiger partial charge is 0.483 e. The molecule has 2 bridgehead atoms. The second kappa shape index (κ2) is 17.7. The quantitative estimate of drug-likeness (QED) is 0.0680. The van der Waals surface area contributed by atoms with Gasteiger partial charge < -0.3 is 19.3 Å². The number of thioether (sulfide) groups is 1. The zero-order chi connectivity index (χ0) is 47.6. The van der Waals surface area contributed by atoms with E-state index in [9.17, 15) is 4.79 Å². The summed E-state index contributed by atoms with van der Waals surface area (Å²) >= 11 is 1.59. The van der Waals surface area contributed by atoms with Crippen LogP contribution >= 0.6 is 11.8 Å². The van der Waals surface area contributed by atoms with Crippen LogP contribution in [0.1, 0.15) is 99.3 Å². The second-order valence-corrected chi connectivity index (χ2v) is 21.0. The molecule has 6 aromatic carbocycles. The number of amides is 1. The van der Waals surface area contributed by atoms with E-state index in [-0.39, 0.29) is 36.0 Å². The number of anilines is 1. The SMILES string of the molecule is CCSc1nc(N2C[C@@H]3C[C@H]2CN3C(=O)OC(C)(C)C)c2cc(C3CC3)c(-c3c(C)c(F)cc4nn(C(c5ccccc5)(c5ccccc5)c5ccccc5)cc34)c(O[C@@H](C)c3ccccc3)c2n1. The van der Waals surface area contributed by atoms with Gasteiger partial charge in [0.25, 0.3) is 0 Å². The molecule has 2 saturated heterocycles. The summed E-state index contributed by atoms with van der Waals surface area (Å²) < 4.78 is 32.4. The van der Waals surface area contributed by atoms with Crippen LogP contribution in [0, 0.1) is 12.7 Å². The topological polar surface area (TPSA) is 85.6 Å². The van der Waals surface area contributed by atoms with Crippen molar-refractivity contribution in [1.29, 1.82) is 0 Å². The van der Waals surface area contributed by atoms with E-state index < -0.39 is 11.1 Å². The molecule has 0 N–H and O–H groups in total. The van der Waals surface area contributed by atoms with Crippen molar-refractivity contribution >= 4 is 45.5 Å². The monoisotopic (exact) mass is 936 g/mol. The van der Waals surface area contributed by atoms with E-state index in [0.29, 0.717) is 40.6 Å². The molecule has 0 spiro atoms. The summed E-state index contributed by atoms with van der Waals surface area (Å²) in [5.41, 5.74) is 6.98. The van der Waals surface area contributed by atoms with Crippen LogP contribution in [-0.4, -0.2) is 67.3 Å². The van der Waals surface area contributed by atoms with Crippen LogP contribution < -0.4 is 9.64 Å². The van der Waals surface area contributed by atoms with Gasteiger partial charge in [0.1, 0.15) is 34.4 Å². The zero-order valence-electron chi connectivity index (χ0n) is 40.0. The predicted molar refractivity (Wildman–Crippen MR) is 274 cm³/mol. The predicted octanol–water partition coefficient (Wildman–Crippen LogP) is 13.3. The minimum Gasteiger partial charge on any atom is -0.483 e. The van der Waals surface area contributed by atoms with Gasteiger partial charge in [-0.25, -0.2) is 19.2 Å². The lowest BCUT2D eigenvalue weighted by Crippen LogP contribution is -2.50. The highest BCUT2D eigenvalue weighted by Crippen LogP contribution is 2.55. The molecular weight excluding hydrogens is 880 g/mol. The number of piperazine rings is 1. The van der Waals surface area contributed by atoms with Gasteiger partial charge in [-0.3, -0.25) is 4.68 Å². The van der Waals surface area contributed by atoms with Crippen molar-refractivity contribution in [3.05, 3.63) is 179 Å². The van der Waals surface area contributed by atoms with Gasteiger partial charge in [0.05, 0.1) is 17.6 Å². The van der Waals surface area contributed by atoms with E-state index in [2.05, 4.69) is 116 Å². The third-order valence-electron chi connectivity index (χ3n) is 14.1. The lowest BCUT2D eigenvalue weighted by molar-refractivity contribution is 0.0214. The van der Waals surface area contributed by atoms with Gasteiger partial charge in [0.15, 0.2) is 10.9 Å². The molecule has 2 aromatic heterocycles. The first-order chi connectivity index (χ1) is 33.4. The summed E-state index contributed by atoms with van der Waals surface area (Å²) in [5, 5.41) is 7.77. The molecule has 1 aliphatic carbocycles. The fourth-order valence-corrected chi connectivity index (χ4v) is 11.4. The Morgan fingerprint density at radius 3 is 1.96 bits per heavy atom. The van der Waals surface area contributed by atoms with Crippen molar-refractivity contribution in [3.8, 4) is 16.9 Å². The summed E-state index contributed by atoms with van der Waals surface area (Å²) in [6.07, 6.45) is 4.26. The van der Waals surface area contributed by atoms with Crippen molar-refractivity contribution in [2.24, 2.45) is 0 Å². The first kappa shape index (κ1) is 44.8. The molecule has 3 atom stereocenters. The Morgan fingerprint density at radius 2 is 1.41 bits per heavy atom. The number of carbonyl (C=O) groups excluding carboxylic acids is 1. The average molecular weight is 937 g/mol. The molecule has 11 heteroatoms. The number of likely N-dealkylation sites (tertiary alicyclic amines) is 1. The Labute approximate surface area is 407 Å². The Hall–Kier alpha value is -6.72. The lowest BCUT2D eigenvalue weighted by atomic mass is 9.77. The van der Waals surface area contributed by atoms with Crippen molar-refractivity contribution in [3.63, 3.8) is 0 Å². The number of hydrogen-bond acceptors (Lipinski definition) is 8. The minimum atomic E-state index is -0.920. The highest BCUT2D eigenvalue weighted by molar-refractivity contribution is 7.99. The maximum absolute atomic E-state index is 17.1. The first-order valence-corrected chi connectivity index (χ1v) is 25.3. The molecule has 11 rings (SSSR count). The Bertz CT molecular complexity index is 3100. The van der Waals surface area contributed by atoms with Crippen LogP contribution in [0.25, 0.3) is 32.9 Å². The zero-order valence-corrected chi connectivity index (χ0v) is 40.8. The van der Waals surface area contributed by atoms with Crippen molar-refractivity contribution in [2.45, 2.75) is 101 Å². The number of carbonyl (C=O) groups is 1. The molecule has 2 aliphatic heterocycles. The fourth-order valence-electron chi connectivity index (χ4n) is 10.8. The number of ether oxygens (including phenoxy) is 2. The third-order valence-corrected chi connectivity index (χ3v) is 14.8. The fraction of sp³-hybridized carbons (Fsp3) is 0.310. The molecule has 1 amide bonds. The van der Waals surface area contributed by atoms with E-state index in [0.717, 1.165) is 80.5 Å². The van der Waals surface area contributed by atoms with Crippen LogP contribution in [0.5, 0.6) is 5.75 Å². The number of benzene rings is 6. The van der Waals surface area contributed by atoms with Gasteiger partial charge in [-0.05, 0) is 105 Å². The second-order valence-electron chi connectivity index (χ2n) is 19.8. The Morgan fingerprint density at radius 1 is 0.797 bits per heavy atom. The van der Waals surface area contributed by atoms with Gasteiger partial charge in [0.2, 0.25) is 0 Å². The lowest BCUT2D eigenvalue weighted by Gasteiger charge is -2.36. The first-order valence-electron chi connectivity index (χ1n) is 24.3. The van der Waals surface area contributed by atoms with Gasteiger partial charge in [0, 0.05) is 47.3 Å². The summed E-state index contributed by atoms with van der Waals surface area (Å²) in [4.78, 5) is 28.4. The molecule has 1 saturated carbocycles. The van der Waals surface area contributed by atoms with E-state index in [4.69, 9.17) is 24.5 Å². The number of aromatic nitrogens is 4. The molecule has 3 fully saturated rings. The normalized spacial score (nSPS) is 17.5. The highest BCUT2D eigenvalue weighted by atomic mass is 32.2. The average Bonchev–Trinajstić information content (AvgIpc) is 3.79. The molecule has 4 heterocycles.